The van der Waals surface area contributed by atoms with Crippen molar-refractivity contribution in [1.82, 2.24) is 15.0 Å². The highest BCUT2D eigenvalue weighted by Crippen LogP contribution is 2.52. The van der Waals surface area contributed by atoms with Gasteiger partial charge in [0.25, 0.3) is 0 Å². The molecule has 270 valence electrons. The summed E-state index contributed by atoms with van der Waals surface area (Å²) in [6.45, 7) is 9.40. The number of alkyl halides is 6. The van der Waals surface area contributed by atoms with Crippen molar-refractivity contribution in [3.05, 3.63) is 87.5 Å². The van der Waals surface area contributed by atoms with Crippen molar-refractivity contribution in [2.45, 2.75) is 115 Å². The molecule has 2 aromatic heterocycles. The number of aliphatic hydroxyl groups is 1. The number of anilines is 1. The molecule has 1 saturated heterocycles. The van der Waals surface area contributed by atoms with Gasteiger partial charge in [-0.25, -0.2) is 23.1 Å². The molecule has 0 spiro atoms. The molecule has 1 aromatic carbocycles. The van der Waals surface area contributed by atoms with E-state index >= 15 is 4.39 Å². The van der Waals surface area contributed by atoms with E-state index in [1.807, 2.05) is 19.9 Å². The molecule has 0 radical (unpaired) electrons. The van der Waals surface area contributed by atoms with Crippen LogP contribution in [0.2, 0.25) is 0 Å². The molecule has 5 nitrogen and oxygen atoms in total. The maximum Gasteiger partial charge on any atom is 0.416 e. The summed E-state index contributed by atoms with van der Waals surface area (Å²) < 4.78 is 86.5. The van der Waals surface area contributed by atoms with Gasteiger partial charge in [-0.15, -0.1) is 0 Å². The molecule has 3 heterocycles. The number of nitrogens with zero attached hydrogens (tertiary/aromatic N) is 4. The minimum atomic E-state index is -4.58. The van der Waals surface area contributed by atoms with Crippen molar-refractivity contribution in [2.75, 3.05) is 18.0 Å². The lowest BCUT2D eigenvalue weighted by molar-refractivity contribution is -0.137. The average molecular weight is 701 g/mol. The van der Waals surface area contributed by atoms with Crippen LogP contribution in [0.1, 0.15) is 142 Å². The third-order valence-electron chi connectivity index (χ3n) is 10.6. The minimum absolute atomic E-state index is 0.0338. The van der Waals surface area contributed by atoms with Crippen LogP contribution in [0.15, 0.2) is 42.7 Å². The number of halogens is 6. The van der Waals surface area contributed by atoms with E-state index in [4.69, 9.17) is 4.98 Å². The van der Waals surface area contributed by atoms with Gasteiger partial charge in [-0.05, 0) is 79.0 Å². The summed E-state index contributed by atoms with van der Waals surface area (Å²) in [6, 6.07) is 4.03. The van der Waals surface area contributed by atoms with E-state index in [1.165, 1.54) is 0 Å². The first-order chi connectivity index (χ1) is 23.5. The SMILES string of the molecule is CC(C)C=Cc1cnc(N2CCC(c3nc4c(c(C5CCC(F)(F)CC5)c3[C@@H](F)c3ccc(C(F)(F)F)cc3)[C@@H](O)CC(C)(C)C4)CC2)nc1. The molecule has 0 bridgehead atoms. The predicted octanol–water partition coefficient (Wildman–Crippen LogP) is 10.3. The Hall–Kier alpha value is -3.47. The number of aliphatic hydroxyl groups excluding tert-OH is 1. The number of hydrogen-bond acceptors (Lipinski definition) is 5. The van der Waals surface area contributed by atoms with Crippen LogP contribution in [0.5, 0.6) is 0 Å². The summed E-state index contributed by atoms with van der Waals surface area (Å²) in [4.78, 5) is 16.4. The van der Waals surface area contributed by atoms with Gasteiger partial charge in [0.1, 0.15) is 0 Å². The van der Waals surface area contributed by atoms with E-state index < -0.39 is 35.9 Å². The van der Waals surface area contributed by atoms with Crippen molar-refractivity contribution in [3.63, 3.8) is 0 Å². The largest absolute Gasteiger partial charge is 0.416 e. The molecule has 0 unspecified atom stereocenters. The second-order valence-electron chi connectivity index (χ2n) is 15.5. The fourth-order valence-corrected chi connectivity index (χ4v) is 7.95. The lowest BCUT2D eigenvalue weighted by atomic mass is 9.68. The summed E-state index contributed by atoms with van der Waals surface area (Å²) in [5, 5.41) is 11.6. The smallest absolute Gasteiger partial charge is 0.388 e. The van der Waals surface area contributed by atoms with Crippen molar-refractivity contribution in [2.24, 2.45) is 11.3 Å². The maximum atomic E-state index is 17.2. The van der Waals surface area contributed by atoms with Crippen LogP contribution in [0, 0.1) is 11.3 Å². The Morgan fingerprint density at radius 2 is 1.54 bits per heavy atom. The van der Waals surface area contributed by atoms with E-state index in [0.717, 1.165) is 29.8 Å². The number of fused-ring (bicyclic) bond motifs is 1. The van der Waals surface area contributed by atoms with Gasteiger partial charge in [0.05, 0.1) is 17.4 Å². The monoisotopic (exact) mass is 700 g/mol. The Morgan fingerprint density at radius 1 is 0.920 bits per heavy atom. The second-order valence-corrected chi connectivity index (χ2v) is 15.5. The molecule has 2 aliphatic carbocycles. The van der Waals surface area contributed by atoms with E-state index in [-0.39, 0.29) is 48.1 Å². The topological polar surface area (TPSA) is 62.1 Å². The summed E-state index contributed by atoms with van der Waals surface area (Å²) in [5.74, 6) is -2.49. The molecule has 1 saturated carbocycles. The lowest BCUT2D eigenvalue weighted by Crippen LogP contribution is -2.36. The normalized spacial score (nSPS) is 22.2. The summed E-state index contributed by atoms with van der Waals surface area (Å²) in [7, 11) is 0. The van der Waals surface area contributed by atoms with Crippen LogP contribution in [-0.4, -0.2) is 39.1 Å². The maximum absolute atomic E-state index is 17.2. The Kier molecular flexibility index (Phi) is 10.1. The molecular formula is C39H46F6N4O. The number of piperidine rings is 1. The summed E-state index contributed by atoms with van der Waals surface area (Å²) in [6.07, 6.45) is 1.83. The minimum Gasteiger partial charge on any atom is -0.388 e. The standard InChI is InChI=1S/C39H46F6N4O/c1-23(2)5-6-24-21-46-36(47-22-24)49-17-13-27(14-18-49)35-33(34(40)26-7-9-28(10-8-26)39(43,44)45)31(25-11-15-38(41,42)16-12-25)32-29(48-35)19-37(3,4)20-30(32)50/h5-10,21-23,25,27,30,34,50H,11-20H2,1-4H3/t30-,34-/m0/s1. The highest BCUT2D eigenvalue weighted by molar-refractivity contribution is 5.52. The van der Waals surface area contributed by atoms with E-state index in [2.05, 4.69) is 34.8 Å². The molecular weight excluding hydrogens is 654 g/mol. The zero-order valence-corrected chi connectivity index (χ0v) is 29.1. The van der Waals surface area contributed by atoms with Crippen LogP contribution < -0.4 is 4.90 Å². The zero-order valence-electron chi connectivity index (χ0n) is 29.1. The van der Waals surface area contributed by atoms with Gasteiger partial charge in [-0.2, -0.15) is 13.2 Å². The molecule has 50 heavy (non-hydrogen) atoms. The third kappa shape index (κ3) is 7.87. The molecule has 0 amide bonds. The zero-order chi connectivity index (χ0) is 36.0. The first-order valence-electron chi connectivity index (χ1n) is 17.7. The van der Waals surface area contributed by atoms with Crippen LogP contribution in [0.3, 0.4) is 0 Å². The van der Waals surface area contributed by atoms with Gasteiger partial charge < -0.3 is 10.0 Å². The Bertz CT molecular complexity index is 1670. The number of rotatable bonds is 7. The fourth-order valence-electron chi connectivity index (χ4n) is 7.95. The van der Waals surface area contributed by atoms with Gasteiger partial charge in [0.2, 0.25) is 11.9 Å². The predicted molar refractivity (Wildman–Crippen MR) is 182 cm³/mol. The van der Waals surface area contributed by atoms with Crippen molar-refractivity contribution in [1.29, 1.82) is 0 Å². The number of hydrogen-bond donors (Lipinski definition) is 1. The number of benzene rings is 1. The molecule has 11 heteroatoms. The Morgan fingerprint density at radius 3 is 2.12 bits per heavy atom. The molecule has 2 fully saturated rings. The van der Waals surface area contributed by atoms with Crippen LogP contribution in [-0.2, 0) is 12.6 Å². The fraction of sp³-hybridized carbons (Fsp3) is 0.564. The van der Waals surface area contributed by atoms with E-state index in [0.29, 0.717) is 73.2 Å². The Balaban J connectivity index is 1.41. The quantitative estimate of drug-likeness (QED) is 0.249. The van der Waals surface area contributed by atoms with E-state index in [1.54, 1.807) is 12.4 Å². The molecule has 3 aromatic rings. The Labute approximate surface area is 290 Å². The number of pyridine rings is 1. The summed E-state index contributed by atoms with van der Waals surface area (Å²) in [5.41, 5.74) is 2.21. The highest BCUT2D eigenvalue weighted by atomic mass is 19.4. The van der Waals surface area contributed by atoms with Gasteiger partial charge in [0, 0.05) is 66.6 Å². The number of aromatic nitrogens is 3. The second kappa shape index (κ2) is 13.9. The van der Waals surface area contributed by atoms with Crippen LogP contribution in [0.4, 0.5) is 32.3 Å². The van der Waals surface area contributed by atoms with Crippen LogP contribution >= 0.6 is 0 Å². The van der Waals surface area contributed by atoms with Gasteiger partial charge >= 0.3 is 6.18 Å². The van der Waals surface area contributed by atoms with Crippen LogP contribution in [0.25, 0.3) is 6.08 Å². The van der Waals surface area contributed by atoms with Crippen molar-refractivity contribution in [3.8, 4) is 0 Å². The molecule has 6 rings (SSSR count). The first-order valence-corrected chi connectivity index (χ1v) is 17.7. The third-order valence-corrected chi connectivity index (χ3v) is 10.6. The molecule has 1 N–H and O–H groups in total. The average Bonchev–Trinajstić information content (AvgIpc) is 3.06. The summed E-state index contributed by atoms with van der Waals surface area (Å²) >= 11 is 0. The lowest BCUT2D eigenvalue weighted by Gasteiger charge is -2.41. The first kappa shape index (κ1) is 36.3. The molecule has 1 aliphatic heterocycles. The van der Waals surface area contributed by atoms with Gasteiger partial charge in [-0.1, -0.05) is 52.0 Å². The highest BCUT2D eigenvalue weighted by Gasteiger charge is 2.44. The van der Waals surface area contributed by atoms with E-state index in [9.17, 15) is 27.1 Å². The van der Waals surface area contributed by atoms with Crippen molar-refractivity contribution >= 4 is 12.0 Å². The molecule has 3 aliphatic rings. The molecule has 2 atom stereocenters. The van der Waals surface area contributed by atoms with Gasteiger partial charge in [0.15, 0.2) is 6.17 Å². The number of allylic oxidation sites excluding steroid dienone is 1. The van der Waals surface area contributed by atoms with Crippen molar-refractivity contribution < 1.29 is 31.4 Å². The van der Waals surface area contributed by atoms with Gasteiger partial charge in [-0.3, -0.25) is 4.98 Å².